The van der Waals surface area contributed by atoms with E-state index < -0.39 is 0 Å². The molecule has 0 radical (unpaired) electrons. The van der Waals surface area contributed by atoms with Crippen LogP contribution < -0.4 is 16.0 Å². The molecule has 3 N–H and O–H groups in total. The molecule has 0 aromatic carbocycles. The molecule has 1 heterocycles. The highest BCUT2D eigenvalue weighted by Crippen LogP contribution is 2.04. The second-order valence-electron chi connectivity index (χ2n) is 4.52. The van der Waals surface area contributed by atoms with E-state index in [-0.39, 0.29) is 43.3 Å². The fraction of sp³-hybridized carbons (Fsp3) is 0.462. The van der Waals surface area contributed by atoms with Crippen LogP contribution in [0.25, 0.3) is 0 Å². The molecule has 0 aliphatic carbocycles. The van der Waals surface area contributed by atoms with Gasteiger partial charge in [-0.15, -0.1) is 0 Å². The van der Waals surface area contributed by atoms with Crippen LogP contribution in [0.3, 0.4) is 0 Å². The molecular weight excluding hydrogens is 278 g/mol. The van der Waals surface area contributed by atoms with Crippen molar-refractivity contribution >= 4 is 29.1 Å². The van der Waals surface area contributed by atoms with Crippen LogP contribution in [-0.2, 0) is 9.59 Å². The van der Waals surface area contributed by atoms with Gasteiger partial charge in [0.2, 0.25) is 11.8 Å². The number of hydrogen-bond acceptors (Lipinski definition) is 4. The molecule has 1 rings (SSSR count). The minimum atomic E-state index is -0.269. The van der Waals surface area contributed by atoms with Crippen molar-refractivity contribution in [2.45, 2.75) is 26.3 Å². The van der Waals surface area contributed by atoms with E-state index in [2.05, 4.69) is 16.0 Å². The molecule has 20 heavy (non-hydrogen) atoms. The Kier molecular flexibility index (Phi) is 6.72. The van der Waals surface area contributed by atoms with Crippen molar-refractivity contribution in [3.63, 3.8) is 0 Å². The Balaban J connectivity index is 2.14. The van der Waals surface area contributed by atoms with E-state index in [4.69, 9.17) is 0 Å². The molecule has 110 valence electrons. The topological polar surface area (TPSA) is 87.3 Å². The first-order valence-corrected chi connectivity index (χ1v) is 7.29. The zero-order valence-corrected chi connectivity index (χ0v) is 12.4. The van der Waals surface area contributed by atoms with Crippen LogP contribution in [0.15, 0.2) is 16.8 Å². The predicted molar refractivity (Wildman–Crippen MR) is 77.6 cm³/mol. The molecule has 3 amide bonds. The van der Waals surface area contributed by atoms with Gasteiger partial charge in [0.1, 0.15) is 0 Å². The van der Waals surface area contributed by atoms with Crippen molar-refractivity contribution < 1.29 is 14.4 Å². The zero-order chi connectivity index (χ0) is 15.0. The fourth-order valence-corrected chi connectivity index (χ4v) is 2.06. The molecule has 7 heteroatoms. The van der Waals surface area contributed by atoms with Crippen LogP contribution in [0, 0.1) is 0 Å². The van der Waals surface area contributed by atoms with E-state index in [9.17, 15) is 14.4 Å². The quantitative estimate of drug-likeness (QED) is 0.685. The molecule has 0 spiro atoms. The van der Waals surface area contributed by atoms with E-state index >= 15 is 0 Å². The number of amides is 3. The summed E-state index contributed by atoms with van der Waals surface area (Å²) in [4.78, 5) is 34.3. The van der Waals surface area contributed by atoms with Crippen LogP contribution in [0.1, 0.15) is 30.6 Å². The molecule has 0 bridgehead atoms. The summed E-state index contributed by atoms with van der Waals surface area (Å²) in [6, 6.07) is 1.76. The molecule has 0 atom stereocenters. The highest BCUT2D eigenvalue weighted by molar-refractivity contribution is 7.08. The highest BCUT2D eigenvalue weighted by Gasteiger charge is 2.08. The third-order valence-electron chi connectivity index (χ3n) is 2.32. The largest absolute Gasteiger partial charge is 0.352 e. The van der Waals surface area contributed by atoms with Gasteiger partial charge in [-0.1, -0.05) is 0 Å². The standard InChI is InChI=1S/C13H19N3O3S/c1-9(2)16-12(18)7-15-11(17)3-5-14-13(19)10-4-6-20-8-10/h4,6,8-9H,3,5,7H2,1-2H3,(H,14,19)(H,15,17)(H,16,18). The summed E-state index contributed by atoms with van der Waals surface area (Å²) in [7, 11) is 0. The van der Waals surface area contributed by atoms with Crippen molar-refractivity contribution in [2.75, 3.05) is 13.1 Å². The Morgan fingerprint density at radius 3 is 2.55 bits per heavy atom. The minimum absolute atomic E-state index is 0.0456. The van der Waals surface area contributed by atoms with Crippen molar-refractivity contribution in [2.24, 2.45) is 0 Å². The zero-order valence-electron chi connectivity index (χ0n) is 11.6. The lowest BCUT2D eigenvalue weighted by Crippen LogP contribution is -2.40. The van der Waals surface area contributed by atoms with Gasteiger partial charge >= 0.3 is 0 Å². The maximum Gasteiger partial charge on any atom is 0.252 e. The van der Waals surface area contributed by atoms with E-state index in [1.165, 1.54) is 11.3 Å². The SMILES string of the molecule is CC(C)NC(=O)CNC(=O)CCNC(=O)c1ccsc1. The predicted octanol–water partition coefficient (Wildman–Crippen LogP) is 0.509. The van der Waals surface area contributed by atoms with E-state index in [0.717, 1.165) is 0 Å². The molecule has 0 unspecified atom stereocenters. The Labute approximate surface area is 121 Å². The number of nitrogens with one attached hydrogen (secondary N) is 3. The number of thiophene rings is 1. The van der Waals surface area contributed by atoms with Crippen LogP contribution in [0.4, 0.5) is 0 Å². The summed E-state index contributed by atoms with van der Waals surface area (Å²) in [5.41, 5.74) is 0.590. The first-order chi connectivity index (χ1) is 9.49. The monoisotopic (exact) mass is 297 g/mol. The van der Waals surface area contributed by atoms with Crippen LogP contribution in [0.2, 0.25) is 0 Å². The lowest BCUT2D eigenvalue weighted by molar-refractivity contribution is -0.126. The van der Waals surface area contributed by atoms with Crippen LogP contribution >= 0.6 is 11.3 Å². The van der Waals surface area contributed by atoms with Crippen LogP contribution in [-0.4, -0.2) is 36.9 Å². The van der Waals surface area contributed by atoms with Crippen LogP contribution in [0.5, 0.6) is 0 Å². The molecular formula is C13H19N3O3S. The normalized spacial score (nSPS) is 10.2. The second kappa shape index (κ2) is 8.31. The Bertz CT molecular complexity index is 457. The lowest BCUT2D eigenvalue weighted by atomic mass is 10.3. The number of carbonyl (C=O) groups excluding carboxylic acids is 3. The first-order valence-electron chi connectivity index (χ1n) is 6.35. The van der Waals surface area contributed by atoms with Gasteiger partial charge in [-0.25, -0.2) is 0 Å². The summed E-state index contributed by atoms with van der Waals surface area (Å²) in [5, 5.41) is 11.4. The van der Waals surface area contributed by atoms with Gasteiger partial charge in [0.15, 0.2) is 0 Å². The summed E-state index contributed by atoms with van der Waals surface area (Å²) in [5.74, 6) is -0.693. The molecule has 6 nitrogen and oxygen atoms in total. The van der Waals surface area contributed by atoms with E-state index in [1.54, 1.807) is 11.4 Å². The summed E-state index contributed by atoms with van der Waals surface area (Å²) in [6.07, 6.45) is 0.144. The molecule has 0 aliphatic heterocycles. The van der Waals surface area contributed by atoms with Crippen molar-refractivity contribution in [1.82, 2.24) is 16.0 Å². The smallest absolute Gasteiger partial charge is 0.252 e. The summed E-state index contributed by atoms with van der Waals surface area (Å²) >= 11 is 1.44. The maximum absolute atomic E-state index is 11.6. The summed E-state index contributed by atoms with van der Waals surface area (Å²) < 4.78 is 0. The van der Waals surface area contributed by atoms with Gasteiger partial charge in [-0.2, -0.15) is 11.3 Å². The Morgan fingerprint density at radius 2 is 1.95 bits per heavy atom. The van der Waals surface area contributed by atoms with Gasteiger partial charge in [0.25, 0.3) is 5.91 Å². The van der Waals surface area contributed by atoms with Gasteiger partial charge < -0.3 is 16.0 Å². The first kappa shape index (κ1) is 16.2. The summed E-state index contributed by atoms with van der Waals surface area (Å²) in [6.45, 7) is 3.89. The highest BCUT2D eigenvalue weighted by atomic mass is 32.1. The van der Waals surface area contributed by atoms with E-state index in [0.29, 0.717) is 5.56 Å². The average Bonchev–Trinajstić information content (AvgIpc) is 2.89. The van der Waals surface area contributed by atoms with E-state index in [1.807, 2.05) is 19.2 Å². The molecule has 0 aliphatic rings. The van der Waals surface area contributed by atoms with Gasteiger partial charge in [-0.05, 0) is 25.3 Å². The van der Waals surface area contributed by atoms with Crippen molar-refractivity contribution in [3.05, 3.63) is 22.4 Å². The molecule has 0 fully saturated rings. The number of rotatable bonds is 7. The van der Waals surface area contributed by atoms with Gasteiger partial charge in [0.05, 0.1) is 6.54 Å². The molecule has 1 aromatic rings. The third kappa shape index (κ3) is 6.33. The minimum Gasteiger partial charge on any atom is -0.352 e. The molecule has 1 aromatic heterocycles. The van der Waals surface area contributed by atoms with Crippen molar-refractivity contribution in [3.8, 4) is 0 Å². The molecule has 0 saturated carbocycles. The Hall–Kier alpha value is -1.89. The average molecular weight is 297 g/mol. The lowest BCUT2D eigenvalue weighted by Gasteiger charge is -2.09. The third-order valence-corrected chi connectivity index (χ3v) is 3.00. The van der Waals surface area contributed by atoms with Gasteiger partial charge in [-0.3, -0.25) is 14.4 Å². The maximum atomic E-state index is 11.6. The Morgan fingerprint density at radius 1 is 1.20 bits per heavy atom. The number of hydrogen-bond donors (Lipinski definition) is 3. The van der Waals surface area contributed by atoms with Gasteiger partial charge in [0, 0.05) is 30.0 Å². The number of carbonyl (C=O) groups is 3. The second-order valence-corrected chi connectivity index (χ2v) is 5.30. The van der Waals surface area contributed by atoms with Crippen molar-refractivity contribution in [1.29, 1.82) is 0 Å². The fourth-order valence-electron chi connectivity index (χ4n) is 1.43. The molecule has 0 saturated heterocycles.